The molecular weight excluding hydrogens is 288 g/mol. The Labute approximate surface area is 138 Å². The van der Waals surface area contributed by atoms with Gasteiger partial charge in [0.2, 0.25) is 11.8 Å². The van der Waals surface area contributed by atoms with Crippen LogP contribution >= 0.6 is 0 Å². The lowest BCUT2D eigenvalue weighted by molar-refractivity contribution is -0.120. The van der Waals surface area contributed by atoms with Crippen molar-refractivity contribution >= 4 is 23.2 Å². The highest BCUT2D eigenvalue weighted by Gasteiger charge is 2.24. The molecule has 0 bridgehead atoms. The van der Waals surface area contributed by atoms with Crippen LogP contribution in [-0.2, 0) is 9.59 Å². The van der Waals surface area contributed by atoms with E-state index in [0.29, 0.717) is 6.42 Å². The van der Waals surface area contributed by atoms with Crippen LogP contribution in [0, 0.1) is 12.8 Å². The largest absolute Gasteiger partial charge is 0.326 e. The van der Waals surface area contributed by atoms with Gasteiger partial charge in [-0.15, -0.1) is 0 Å². The van der Waals surface area contributed by atoms with Crippen LogP contribution in [0.15, 0.2) is 18.2 Å². The van der Waals surface area contributed by atoms with Crippen LogP contribution in [0.5, 0.6) is 0 Å². The molecule has 4 heteroatoms. The Bertz CT molecular complexity index is 589. The second-order valence-electron chi connectivity index (χ2n) is 6.83. The molecule has 0 unspecified atom stereocenters. The fraction of sp³-hybridized carbons (Fsp3) is 0.579. The first-order valence-electron chi connectivity index (χ1n) is 8.87. The second-order valence-corrected chi connectivity index (χ2v) is 6.83. The molecule has 1 N–H and O–H groups in total. The minimum atomic E-state index is 0.149. The molecule has 2 amide bonds. The summed E-state index contributed by atoms with van der Waals surface area (Å²) in [7, 11) is 0. The van der Waals surface area contributed by atoms with E-state index in [2.05, 4.69) is 5.32 Å². The normalized spacial score (nSPS) is 19.7. The van der Waals surface area contributed by atoms with Crippen LogP contribution in [0.3, 0.4) is 0 Å². The van der Waals surface area contributed by atoms with Gasteiger partial charge in [0.15, 0.2) is 0 Å². The number of rotatable bonds is 3. The lowest BCUT2D eigenvalue weighted by Crippen LogP contribution is -2.25. The molecule has 0 atom stereocenters. The Morgan fingerprint density at radius 1 is 1.13 bits per heavy atom. The number of anilines is 2. The van der Waals surface area contributed by atoms with Crippen molar-refractivity contribution in [3.05, 3.63) is 23.8 Å². The predicted molar refractivity (Wildman–Crippen MR) is 92.6 cm³/mol. The fourth-order valence-electron chi connectivity index (χ4n) is 3.72. The average molecular weight is 314 g/mol. The first-order chi connectivity index (χ1) is 11.1. The summed E-state index contributed by atoms with van der Waals surface area (Å²) in [5.74, 6) is 0.497. The van der Waals surface area contributed by atoms with Gasteiger partial charge < -0.3 is 10.2 Å². The van der Waals surface area contributed by atoms with E-state index in [-0.39, 0.29) is 17.7 Å². The molecule has 3 rings (SSSR count). The van der Waals surface area contributed by atoms with E-state index in [4.69, 9.17) is 0 Å². The molecule has 1 aliphatic carbocycles. The molecule has 23 heavy (non-hydrogen) atoms. The predicted octanol–water partition coefficient (Wildman–Crippen LogP) is 4.03. The number of aryl methyl sites for hydroxylation is 1. The van der Waals surface area contributed by atoms with E-state index in [1.165, 1.54) is 12.8 Å². The van der Waals surface area contributed by atoms with Gasteiger partial charge in [0, 0.05) is 30.3 Å². The van der Waals surface area contributed by atoms with Crippen LogP contribution in [0.25, 0.3) is 0 Å². The van der Waals surface area contributed by atoms with Crippen molar-refractivity contribution < 1.29 is 9.59 Å². The van der Waals surface area contributed by atoms with Crippen molar-refractivity contribution in [1.29, 1.82) is 0 Å². The third-order valence-electron chi connectivity index (χ3n) is 5.05. The summed E-state index contributed by atoms with van der Waals surface area (Å²) in [5.41, 5.74) is 2.85. The minimum absolute atomic E-state index is 0.149. The molecule has 0 spiro atoms. The number of nitrogens with zero attached hydrogens (tertiary/aromatic N) is 1. The van der Waals surface area contributed by atoms with Crippen molar-refractivity contribution in [2.75, 3.05) is 16.8 Å². The highest BCUT2D eigenvalue weighted by atomic mass is 16.2. The van der Waals surface area contributed by atoms with Crippen molar-refractivity contribution in [2.24, 2.45) is 5.92 Å². The number of carbonyl (C=O) groups is 2. The van der Waals surface area contributed by atoms with Crippen LogP contribution in [0.1, 0.15) is 56.9 Å². The topological polar surface area (TPSA) is 49.4 Å². The van der Waals surface area contributed by atoms with Gasteiger partial charge in [-0.05, 0) is 49.9 Å². The highest BCUT2D eigenvalue weighted by molar-refractivity contribution is 5.97. The molecule has 1 aromatic rings. The van der Waals surface area contributed by atoms with Crippen LogP contribution in [0.2, 0.25) is 0 Å². The number of hydrogen-bond donors (Lipinski definition) is 1. The number of nitrogens with one attached hydrogen (secondary N) is 1. The molecule has 124 valence electrons. The molecule has 2 aliphatic rings. The summed E-state index contributed by atoms with van der Waals surface area (Å²) in [6.45, 7) is 2.80. The molecule has 1 saturated carbocycles. The molecular formula is C19H26N2O2. The Kier molecular flexibility index (Phi) is 4.99. The maximum Gasteiger partial charge on any atom is 0.227 e. The number of hydrogen-bond acceptors (Lipinski definition) is 2. The Morgan fingerprint density at radius 2 is 1.87 bits per heavy atom. The maximum absolute atomic E-state index is 12.4. The standard InChI is InChI=1S/C19H26N2O2/c1-14-13-16(10-11-17(14)21-12-6-9-18(21)22)20-19(23)15-7-4-2-3-5-8-15/h10-11,13,15H,2-9,12H2,1H3,(H,20,23). The average Bonchev–Trinajstić information content (AvgIpc) is 2.78. The maximum atomic E-state index is 12.4. The SMILES string of the molecule is Cc1cc(NC(=O)C2CCCCCC2)ccc1N1CCCC1=O. The van der Waals surface area contributed by atoms with Gasteiger partial charge >= 0.3 is 0 Å². The highest BCUT2D eigenvalue weighted by Crippen LogP contribution is 2.29. The molecule has 1 heterocycles. The molecule has 1 saturated heterocycles. The fourth-order valence-corrected chi connectivity index (χ4v) is 3.72. The van der Waals surface area contributed by atoms with E-state index in [1.54, 1.807) is 0 Å². The first kappa shape index (κ1) is 16.0. The second kappa shape index (κ2) is 7.16. The van der Waals surface area contributed by atoms with Gasteiger partial charge in [-0.25, -0.2) is 0 Å². The Balaban J connectivity index is 1.67. The molecule has 4 nitrogen and oxygen atoms in total. The first-order valence-corrected chi connectivity index (χ1v) is 8.87. The van der Waals surface area contributed by atoms with Gasteiger partial charge in [0.25, 0.3) is 0 Å². The van der Waals surface area contributed by atoms with Gasteiger partial charge in [0.05, 0.1) is 0 Å². The third kappa shape index (κ3) is 3.74. The smallest absolute Gasteiger partial charge is 0.227 e. The lowest BCUT2D eigenvalue weighted by atomic mass is 9.99. The van der Waals surface area contributed by atoms with Crippen molar-refractivity contribution in [1.82, 2.24) is 0 Å². The zero-order valence-electron chi connectivity index (χ0n) is 13.9. The lowest BCUT2D eigenvalue weighted by Gasteiger charge is -2.20. The van der Waals surface area contributed by atoms with E-state index in [1.807, 2.05) is 30.0 Å². The van der Waals surface area contributed by atoms with E-state index < -0.39 is 0 Å². The Morgan fingerprint density at radius 3 is 2.48 bits per heavy atom. The molecule has 0 aromatic heterocycles. The van der Waals surface area contributed by atoms with Gasteiger partial charge in [-0.3, -0.25) is 9.59 Å². The zero-order valence-corrected chi connectivity index (χ0v) is 13.9. The van der Waals surface area contributed by atoms with Crippen molar-refractivity contribution in [3.63, 3.8) is 0 Å². The number of benzene rings is 1. The summed E-state index contributed by atoms with van der Waals surface area (Å²) in [6.07, 6.45) is 8.40. The van der Waals surface area contributed by atoms with Gasteiger partial charge in [0.1, 0.15) is 0 Å². The van der Waals surface area contributed by atoms with Crippen molar-refractivity contribution in [3.8, 4) is 0 Å². The molecule has 0 radical (unpaired) electrons. The van der Waals surface area contributed by atoms with Crippen LogP contribution < -0.4 is 10.2 Å². The van der Waals surface area contributed by atoms with Crippen LogP contribution in [-0.4, -0.2) is 18.4 Å². The zero-order chi connectivity index (χ0) is 16.2. The monoisotopic (exact) mass is 314 g/mol. The van der Waals surface area contributed by atoms with Crippen molar-refractivity contribution in [2.45, 2.75) is 58.3 Å². The van der Waals surface area contributed by atoms with E-state index in [0.717, 1.165) is 55.6 Å². The van der Waals surface area contributed by atoms with E-state index >= 15 is 0 Å². The summed E-state index contributed by atoms with van der Waals surface area (Å²) in [6, 6.07) is 5.86. The number of carbonyl (C=O) groups excluding carboxylic acids is 2. The van der Waals surface area contributed by atoms with Gasteiger partial charge in [-0.1, -0.05) is 25.7 Å². The quantitative estimate of drug-likeness (QED) is 0.856. The summed E-state index contributed by atoms with van der Waals surface area (Å²) >= 11 is 0. The third-order valence-corrected chi connectivity index (χ3v) is 5.05. The van der Waals surface area contributed by atoms with Gasteiger partial charge in [-0.2, -0.15) is 0 Å². The van der Waals surface area contributed by atoms with Crippen LogP contribution in [0.4, 0.5) is 11.4 Å². The minimum Gasteiger partial charge on any atom is -0.326 e. The molecule has 2 fully saturated rings. The Hall–Kier alpha value is -1.84. The molecule has 1 aromatic carbocycles. The number of amides is 2. The summed E-state index contributed by atoms with van der Waals surface area (Å²) in [4.78, 5) is 26.2. The van der Waals surface area contributed by atoms with E-state index in [9.17, 15) is 9.59 Å². The summed E-state index contributed by atoms with van der Waals surface area (Å²) < 4.78 is 0. The summed E-state index contributed by atoms with van der Waals surface area (Å²) in [5, 5.41) is 3.07. The molecule has 1 aliphatic heterocycles.